The van der Waals surface area contributed by atoms with Gasteiger partial charge in [-0.2, -0.15) is 0 Å². The summed E-state index contributed by atoms with van der Waals surface area (Å²) in [5.41, 5.74) is 1.41. The molecule has 2 heterocycles. The van der Waals surface area contributed by atoms with Crippen LogP contribution in [-0.2, 0) is 16.7 Å². The van der Waals surface area contributed by atoms with Crippen LogP contribution >= 0.6 is 27.3 Å². The minimum absolute atomic E-state index is 0.0469. The van der Waals surface area contributed by atoms with Gasteiger partial charge in [0.25, 0.3) is 0 Å². The van der Waals surface area contributed by atoms with Crippen LogP contribution in [0.15, 0.2) is 40.2 Å². The Morgan fingerprint density at radius 1 is 1.15 bits per heavy atom. The van der Waals surface area contributed by atoms with Gasteiger partial charge in [0.1, 0.15) is 5.82 Å². The second-order valence-corrected chi connectivity index (χ2v) is 10.0. The summed E-state index contributed by atoms with van der Waals surface area (Å²) in [6.07, 6.45) is 8.04. The van der Waals surface area contributed by atoms with Crippen molar-refractivity contribution < 1.29 is 9.13 Å². The van der Waals surface area contributed by atoms with Crippen LogP contribution in [0.2, 0.25) is 0 Å². The Kier molecular flexibility index (Phi) is 6.03. The minimum Gasteiger partial charge on any atom is -0.375 e. The summed E-state index contributed by atoms with van der Waals surface area (Å²) in [5.74, 6) is -0.155. The molecule has 0 amide bonds. The van der Waals surface area contributed by atoms with E-state index in [1.54, 1.807) is 23.5 Å². The molecular weight excluding hydrogens is 425 g/mol. The summed E-state index contributed by atoms with van der Waals surface area (Å²) in [6.45, 7) is 2.68. The first-order valence-electron chi connectivity index (χ1n) is 9.93. The van der Waals surface area contributed by atoms with Crippen molar-refractivity contribution in [1.82, 2.24) is 5.32 Å². The van der Waals surface area contributed by atoms with E-state index in [0.717, 1.165) is 43.4 Å². The number of hydrogen-bond acceptors (Lipinski definition) is 3. The zero-order valence-electron chi connectivity index (χ0n) is 15.6. The van der Waals surface area contributed by atoms with E-state index < -0.39 is 0 Å². The predicted molar refractivity (Wildman–Crippen MR) is 113 cm³/mol. The van der Waals surface area contributed by atoms with E-state index >= 15 is 0 Å². The molecule has 0 bridgehead atoms. The van der Waals surface area contributed by atoms with Crippen LogP contribution in [0.3, 0.4) is 0 Å². The maximum absolute atomic E-state index is 13.5. The molecule has 27 heavy (non-hydrogen) atoms. The van der Waals surface area contributed by atoms with Crippen LogP contribution in [0.1, 0.15) is 55.4 Å². The number of rotatable bonds is 6. The normalized spacial score (nSPS) is 24.5. The molecule has 146 valence electrons. The molecule has 1 aromatic carbocycles. The van der Waals surface area contributed by atoms with E-state index in [-0.39, 0.29) is 16.8 Å². The minimum atomic E-state index is -0.155. The Morgan fingerprint density at radius 3 is 2.63 bits per heavy atom. The Balaban J connectivity index is 1.48. The lowest BCUT2D eigenvalue weighted by molar-refractivity contribution is -0.103. The topological polar surface area (TPSA) is 21.3 Å². The number of ether oxygens (including phenoxy) is 1. The standard InChI is InChI=1S/C22H27BrFNOS/c23-18-13-20(27-15-18)14-25-11-9-21(17-3-5-19(24)6-4-17)10-12-26-22(16-21)7-1-2-8-22/h3-6,13,15,25H,1-2,7-12,14,16H2/t21-/m1/s1. The second-order valence-electron chi connectivity index (χ2n) is 8.11. The fourth-order valence-electron chi connectivity index (χ4n) is 4.95. The summed E-state index contributed by atoms with van der Waals surface area (Å²) in [6, 6.07) is 9.41. The molecule has 1 atom stereocenters. The Bertz CT molecular complexity index is 756. The molecule has 2 aliphatic rings. The second kappa shape index (κ2) is 8.32. The predicted octanol–water partition coefficient (Wildman–Crippen LogP) is 6.19. The van der Waals surface area contributed by atoms with Gasteiger partial charge in [0.05, 0.1) is 5.60 Å². The maximum Gasteiger partial charge on any atom is 0.123 e. The van der Waals surface area contributed by atoms with Gasteiger partial charge in [0.15, 0.2) is 0 Å². The highest BCUT2D eigenvalue weighted by Gasteiger charge is 2.47. The summed E-state index contributed by atoms with van der Waals surface area (Å²) in [5, 5.41) is 5.75. The van der Waals surface area contributed by atoms with E-state index in [1.165, 1.54) is 36.1 Å². The third-order valence-electron chi connectivity index (χ3n) is 6.32. The monoisotopic (exact) mass is 451 g/mol. The van der Waals surface area contributed by atoms with Crippen LogP contribution in [0, 0.1) is 5.82 Å². The maximum atomic E-state index is 13.5. The number of hydrogen-bond donors (Lipinski definition) is 1. The molecule has 1 aliphatic carbocycles. The molecule has 1 spiro atoms. The average molecular weight is 452 g/mol. The van der Waals surface area contributed by atoms with Gasteiger partial charge < -0.3 is 10.1 Å². The van der Waals surface area contributed by atoms with E-state index in [1.807, 2.05) is 12.1 Å². The van der Waals surface area contributed by atoms with Crippen molar-refractivity contribution in [3.8, 4) is 0 Å². The van der Waals surface area contributed by atoms with Crippen LogP contribution in [-0.4, -0.2) is 18.8 Å². The van der Waals surface area contributed by atoms with Crippen LogP contribution < -0.4 is 5.32 Å². The third-order valence-corrected chi connectivity index (χ3v) is 8.02. The summed E-state index contributed by atoms with van der Waals surface area (Å²) in [7, 11) is 0. The van der Waals surface area contributed by atoms with Gasteiger partial charge in [-0.3, -0.25) is 0 Å². The Hall–Kier alpha value is -0.750. The molecule has 1 saturated carbocycles. The van der Waals surface area contributed by atoms with Gasteiger partial charge >= 0.3 is 0 Å². The Morgan fingerprint density at radius 2 is 1.93 bits per heavy atom. The first-order valence-corrected chi connectivity index (χ1v) is 11.6. The van der Waals surface area contributed by atoms with Crippen molar-refractivity contribution in [1.29, 1.82) is 0 Å². The molecule has 1 N–H and O–H groups in total. The van der Waals surface area contributed by atoms with Gasteiger partial charge in [0.2, 0.25) is 0 Å². The molecule has 2 fully saturated rings. The highest BCUT2D eigenvalue weighted by atomic mass is 79.9. The number of benzene rings is 1. The zero-order chi connectivity index (χ0) is 18.7. The molecule has 1 aliphatic heterocycles. The lowest BCUT2D eigenvalue weighted by atomic mass is 9.66. The van der Waals surface area contributed by atoms with Crippen molar-refractivity contribution >= 4 is 27.3 Å². The van der Waals surface area contributed by atoms with Gasteiger partial charge in [0, 0.05) is 33.3 Å². The van der Waals surface area contributed by atoms with Crippen LogP contribution in [0.4, 0.5) is 4.39 Å². The fraction of sp³-hybridized carbons (Fsp3) is 0.545. The number of nitrogens with one attached hydrogen (secondary N) is 1. The lowest BCUT2D eigenvalue weighted by Gasteiger charge is -2.47. The Labute approximate surface area is 173 Å². The summed E-state index contributed by atoms with van der Waals surface area (Å²) >= 11 is 5.30. The third kappa shape index (κ3) is 4.47. The van der Waals surface area contributed by atoms with Crippen molar-refractivity contribution in [2.45, 2.75) is 62.5 Å². The van der Waals surface area contributed by atoms with Crippen molar-refractivity contribution in [3.05, 3.63) is 56.4 Å². The zero-order valence-corrected chi connectivity index (χ0v) is 18.0. The largest absolute Gasteiger partial charge is 0.375 e. The SMILES string of the molecule is Fc1ccc([C@]2(CCNCc3cc(Br)cs3)CCOC3(CCCC3)C2)cc1. The molecule has 1 aromatic heterocycles. The molecule has 1 saturated heterocycles. The van der Waals surface area contributed by atoms with Gasteiger partial charge in [-0.1, -0.05) is 25.0 Å². The van der Waals surface area contributed by atoms with Gasteiger partial charge in [-0.05, 0) is 78.3 Å². The highest BCUT2D eigenvalue weighted by molar-refractivity contribution is 9.10. The van der Waals surface area contributed by atoms with E-state index in [0.29, 0.717) is 0 Å². The summed E-state index contributed by atoms with van der Waals surface area (Å²) in [4.78, 5) is 1.34. The molecule has 4 rings (SSSR count). The van der Waals surface area contributed by atoms with Gasteiger partial charge in [-0.25, -0.2) is 4.39 Å². The van der Waals surface area contributed by atoms with E-state index in [2.05, 4.69) is 32.7 Å². The number of halogens is 2. The van der Waals surface area contributed by atoms with Crippen molar-refractivity contribution in [2.75, 3.05) is 13.2 Å². The average Bonchev–Trinajstić information content (AvgIpc) is 3.28. The molecule has 2 aromatic rings. The highest BCUT2D eigenvalue weighted by Crippen LogP contribution is 2.50. The fourth-order valence-corrected chi connectivity index (χ4v) is 6.37. The molecular formula is C22H27BrFNOS. The molecule has 2 nitrogen and oxygen atoms in total. The first kappa shape index (κ1) is 19.6. The number of thiophene rings is 1. The van der Waals surface area contributed by atoms with Crippen molar-refractivity contribution in [2.24, 2.45) is 0 Å². The van der Waals surface area contributed by atoms with E-state index in [4.69, 9.17) is 4.74 Å². The smallest absolute Gasteiger partial charge is 0.123 e. The molecule has 5 heteroatoms. The van der Waals surface area contributed by atoms with Crippen molar-refractivity contribution in [3.63, 3.8) is 0 Å². The van der Waals surface area contributed by atoms with E-state index in [9.17, 15) is 4.39 Å². The molecule has 0 radical (unpaired) electrons. The van der Waals surface area contributed by atoms with Gasteiger partial charge in [-0.15, -0.1) is 11.3 Å². The first-order chi connectivity index (χ1) is 13.1. The molecule has 0 unspecified atom stereocenters. The van der Waals surface area contributed by atoms with Crippen LogP contribution in [0.25, 0.3) is 0 Å². The summed E-state index contributed by atoms with van der Waals surface area (Å²) < 4.78 is 21.0. The quantitative estimate of drug-likeness (QED) is 0.528. The lowest BCUT2D eigenvalue weighted by Crippen LogP contribution is -2.47. The van der Waals surface area contributed by atoms with Crippen LogP contribution in [0.5, 0.6) is 0 Å².